The Morgan fingerprint density at radius 1 is 1.04 bits per heavy atom. The molecule has 0 bridgehead atoms. The van der Waals surface area contributed by atoms with Gasteiger partial charge in [0.05, 0.1) is 6.20 Å². The smallest absolute Gasteiger partial charge is 0.354 e. The summed E-state index contributed by atoms with van der Waals surface area (Å²) in [4.78, 5) is 22.9. The van der Waals surface area contributed by atoms with Gasteiger partial charge in [0.15, 0.2) is 11.5 Å². The quantitative estimate of drug-likeness (QED) is 0.726. The van der Waals surface area contributed by atoms with Crippen LogP contribution in [0.5, 0.6) is 0 Å². The average molecular weight is 360 g/mol. The number of anilines is 1. The van der Waals surface area contributed by atoms with Crippen molar-refractivity contribution in [3.05, 3.63) is 71.4 Å². The molecule has 0 spiro atoms. The van der Waals surface area contributed by atoms with Gasteiger partial charge in [-0.05, 0) is 12.1 Å². The predicted molar refractivity (Wildman–Crippen MR) is 85.9 cm³/mol. The topological polar surface area (TPSA) is 88.0 Å². The number of nitrogens with zero attached hydrogens (tertiary/aromatic N) is 3. The van der Waals surface area contributed by atoms with Crippen LogP contribution in [-0.4, -0.2) is 26.0 Å². The fourth-order valence-electron chi connectivity index (χ4n) is 2.16. The number of nitrogens with one attached hydrogen (secondary N) is 1. The molecule has 2 N–H and O–H groups in total. The third-order valence-electron chi connectivity index (χ3n) is 3.38. The molecule has 0 unspecified atom stereocenters. The summed E-state index contributed by atoms with van der Waals surface area (Å²) in [6.07, 6.45) is 2.27. The number of halogens is 3. The molecule has 0 radical (unpaired) electrons. The highest BCUT2D eigenvalue weighted by molar-refractivity contribution is 5.86. The molecule has 9 heteroatoms. The summed E-state index contributed by atoms with van der Waals surface area (Å²) in [6.45, 7) is -0.0664. The first-order chi connectivity index (χ1) is 12.4. The van der Waals surface area contributed by atoms with Crippen LogP contribution >= 0.6 is 0 Å². The molecular formula is C17H11F3N4O2. The van der Waals surface area contributed by atoms with E-state index in [2.05, 4.69) is 20.3 Å². The van der Waals surface area contributed by atoms with Gasteiger partial charge in [-0.2, -0.15) is 0 Å². The van der Waals surface area contributed by atoms with Gasteiger partial charge in [-0.1, -0.05) is 6.07 Å². The average Bonchev–Trinajstić information content (AvgIpc) is 2.60. The predicted octanol–water partition coefficient (Wildman–Crippen LogP) is 3.27. The summed E-state index contributed by atoms with van der Waals surface area (Å²) >= 11 is 0. The fraction of sp³-hybridized carbons (Fsp3) is 0.0588. The minimum absolute atomic E-state index is 0.0565. The number of benzene rings is 1. The molecule has 132 valence electrons. The van der Waals surface area contributed by atoms with Gasteiger partial charge in [0.25, 0.3) is 0 Å². The Hall–Kier alpha value is -3.49. The van der Waals surface area contributed by atoms with Crippen molar-refractivity contribution >= 4 is 11.8 Å². The zero-order valence-electron chi connectivity index (χ0n) is 13.1. The molecule has 0 aliphatic carbocycles. The zero-order valence-corrected chi connectivity index (χ0v) is 13.1. The Morgan fingerprint density at radius 3 is 2.54 bits per heavy atom. The van der Waals surface area contributed by atoms with E-state index in [1.165, 1.54) is 12.3 Å². The lowest BCUT2D eigenvalue weighted by Gasteiger charge is -2.09. The van der Waals surface area contributed by atoms with Gasteiger partial charge >= 0.3 is 5.97 Å². The van der Waals surface area contributed by atoms with E-state index >= 15 is 0 Å². The van der Waals surface area contributed by atoms with Crippen molar-refractivity contribution in [2.24, 2.45) is 0 Å². The van der Waals surface area contributed by atoms with Gasteiger partial charge in [-0.25, -0.2) is 27.9 Å². The van der Waals surface area contributed by atoms with Gasteiger partial charge in [-0.15, -0.1) is 0 Å². The van der Waals surface area contributed by atoms with E-state index in [4.69, 9.17) is 0 Å². The van der Waals surface area contributed by atoms with Crippen LogP contribution in [0, 0.1) is 17.5 Å². The van der Waals surface area contributed by atoms with Crippen LogP contribution in [0.2, 0.25) is 0 Å². The lowest BCUT2D eigenvalue weighted by Crippen LogP contribution is -2.09. The van der Waals surface area contributed by atoms with Crippen LogP contribution in [0.3, 0.4) is 0 Å². The number of pyridine rings is 1. The van der Waals surface area contributed by atoms with Crippen molar-refractivity contribution in [3.63, 3.8) is 0 Å². The number of hydrogen-bond acceptors (Lipinski definition) is 5. The Morgan fingerprint density at radius 2 is 1.85 bits per heavy atom. The summed E-state index contributed by atoms with van der Waals surface area (Å²) in [5.41, 5.74) is 0.0151. The number of aromatic carboxylic acids is 1. The maximum Gasteiger partial charge on any atom is 0.354 e. The molecule has 2 aromatic heterocycles. The minimum atomic E-state index is -1.31. The second-order valence-electron chi connectivity index (χ2n) is 5.25. The van der Waals surface area contributed by atoms with E-state index in [1.807, 2.05) is 0 Å². The van der Waals surface area contributed by atoms with Crippen LogP contribution < -0.4 is 5.32 Å². The molecule has 0 atom stereocenters. The number of hydrogen-bond donors (Lipinski definition) is 2. The number of aromatic nitrogens is 3. The van der Waals surface area contributed by atoms with E-state index in [1.54, 1.807) is 0 Å². The molecule has 0 aliphatic heterocycles. The van der Waals surface area contributed by atoms with Crippen molar-refractivity contribution in [1.82, 2.24) is 15.0 Å². The molecule has 0 saturated heterocycles. The largest absolute Gasteiger partial charge is 0.477 e. The van der Waals surface area contributed by atoms with Crippen LogP contribution in [0.15, 0.2) is 42.7 Å². The molecule has 26 heavy (non-hydrogen) atoms. The Kier molecular flexibility index (Phi) is 4.78. The number of carboxylic acid groups (broad SMARTS) is 1. The molecule has 0 saturated carbocycles. The standard InChI is InChI=1S/C17H11F3N4O2/c18-11-2-1-9(13(20)4-11)7-22-15-5-14(17(25)26)23-16(24-15)10-3-12(19)8-21-6-10/h1-6,8H,7H2,(H,25,26)(H,22,23,24). The molecule has 3 rings (SSSR count). The second kappa shape index (κ2) is 7.18. The third-order valence-corrected chi connectivity index (χ3v) is 3.38. The van der Waals surface area contributed by atoms with Crippen molar-refractivity contribution < 1.29 is 23.1 Å². The maximum atomic E-state index is 13.7. The normalized spacial score (nSPS) is 10.6. The molecule has 0 fully saturated rings. The second-order valence-corrected chi connectivity index (χ2v) is 5.25. The Balaban J connectivity index is 1.92. The molecule has 2 heterocycles. The Bertz CT molecular complexity index is 982. The van der Waals surface area contributed by atoms with E-state index in [0.29, 0.717) is 0 Å². The first-order valence-corrected chi connectivity index (χ1v) is 7.33. The lowest BCUT2D eigenvalue weighted by atomic mass is 10.2. The number of rotatable bonds is 5. The molecule has 1 aromatic carbocycles. The first-order valence-electron chi connectivity index (χ1n) is 7.33. The molecule has 0 aliphatic rings. The summed E-state index contributed by atoms with van der Waals surface area (Å²) in [5.74, 6) is -3.37. The summed E-state index contributed by atoms with van der Waals surface area (Å²) in [5, 5.41) is 11.9. The van der Waals surface area contributed by atoms with Gasteiger partial charge in [0.1, 0.15) is 23.3 Å². The Labute approximate surface area is 145 Å². The molecular weight excluding hydrogens is 349 g/mol. The van der Waals surface area contributed by atoms with E-state index < -0.39 is 23.4 Å². The molecule has 3 aromatic rings. The van der Waals surface area contributed by atoms with Crippen LogP contribution in [0.4, 0.5) is 19.0 Å². The van der Waals surface area contributed by atoms with Crippen molar-refractivity contribution in [1.29, 1.82) is 0 Å². The number of carboxylic acids is 1. The highest BCUT2D eigenvalue weighted by atomic mass is 19.1. The van der Waals surface area contributed by atoms with E-state index in [0.717, 1.165) is 30.5 Å². The van der Waals surface area contributed by atoms with Gasteiger partial charge in [0, 0.05) is 36.0 Å². The highest BCUT2D eigenvalue weighted by Gasteiger charge is 2.13. The zero-order chi connectivity index (χ0) is 18.7. The van der Waals surface area contributed by atoms with Crippen molar-refractivity contribution in [2.75, 3.05) is 5.32 Å². The maximum absolute atomic E-state index is 13.7. The number of carbonyl (C=O) groups is 1. The van der Waals surface area contributed by atoms with Crippen molar-refractivity contribution in [3.8, 4) is 11.4 Å². The highest BCUT2D eigenvalue weighted by Crippen LogP contribution is 2.19. The summed E-state index contributed by atoms with van der Waals surface area (Å²) in [6, 6.07) is 5.36. The van der Waals surface area contributed by atoms with E-state index in [9.17, 15) is 23.1 Å². The fourth-order valence-corrected chi connectivity index (χ4v) is 2.16. The minimum Gasteiger partial charge on any atom is -0.477 e. The van der Waals surface area contributed by atoms with Crippen LogP contribution in [0.25, 0.3) is 11.4 Å². The lowest BCUT2D eigenvalue weighted by molar-refractivity contribution is 0.0690. The van der Waals surface area contributed by atoms with Crippen molar-refractivity contribution in [2.45, 2.75) is 6.54 Å². The van der Waals surface area contributed by atoms with Crippen LogP contribution in [-0.2, 0) is 6.54 Å². The monoisotopic (exact) mass is 360 g/mol. The van der Waals surface area contributed by atoms with Gasteiger partial charge in [-0.3, -0.25) is 4.98 Å². The van der Waals surface area contributed by atoms with E-state index in [-0.39, 0.29) is 35.0 Å². The van der Waals surface area contributed by atoms with Crippen LogP contribution in [0.1, 0.15) is 16.1 Å². The van der Waals surface area contributed by atoms with Gasteiger partial charge < -0.3 is 10.4 Å². The molecule has 0 amide bonds. The SMILES string of the molecule is O=C(O)c1cc(NCc2ccc(F)cc2F)nc(-c2cncc(F)c2)n1. The molecule has 6 nitrogen and oxygen atoms in total. The summed E-state index contributed by atoms with van der Waals surface area (Å²) < 4.78 is 40.0. The third kappa shape index (κ3) is 3.94. The van der Waals surface area contributed by atoms with Gasteiger partial charge in [0.2, 0.25) is 0 Å². The first kappa shape index (κ1) is 17.3. The summed E-state index contributed by atoms with van der Waals surface area (Å²) in [7, 11) is 0.